The number of rotatable bonds is 6. The van der Waals surface area contributed by atoms with E-state index >= 15 is 0 Å². The zero-order valence-electron chi connectivity index (χ0n) is 12.2. The van der Waals surface area contributed by atoms with Crippen molar-refractivity contribution < 1.29 is 4.92 Å². The molecule has 0 saturated carbocycles. The molecule has 0 unspecified atom stereocenters. The zero-order valence-corrected chi connectivity index (χ0v) is 13.0. The summed E-state index contributed by atoms with van der Waals surface area (Å²) in [4.78, 5) is 10.3. The van der Waals surface area contributed by atoms with E-state index in [4.69, 9.17) is 12.2 Å². The van der Waals surface area contributed by atoms with E-state index in [2.05, 4.69) is 22.4 Å². The maximum absolute atomic E-state index is 10.7. The highest BCUT2D eigenvalue weighted by atomic mass is 32.1. The van der Waals surface area contributed by atoms with Crippen LogP contribution in [0.2, 0.25) is 0 Å². The van der Waals surface area contributed by atoms with E-state index in [-0.39, 0.29) is 5.69 Å². The Kier molecular flexibility index (Phi) is 5.59. The van der Waals surface area contributed by atoms with Gasteiger partial charge in [0.15, 0.2) is 5.11 Å². The number of nitrogens with one attached hydrogen (secondary N) is 2. The fraction of sp³-hybridized carbons (Fsp3) is 0.0667. The van der Waals surface area contributed by atoms with E-state index in [1.165, 1.54) is 12.1 Å². The molecule has 2 aromatic rings. The second-order valence-corrected chi connectivity index (χ2v) is 4.85. The van der Waals surface area contributed by atoms with Crippen LogP contribution in [0.1, 0.15) is 5.69 Å². The average molecular weight is 329 g/mol. The summed E-state index contributed by atoms with van der Waals surface area (Å²) in [5.74, 6) is 0. The van der Waals surface area contributed by atoms with E-state index in [9.17, 15) is 10.1 Å². The predicted molar refractivity (Wildman–Crippen MR) is 94.0 cm³/mol. The van der Waals surface area contributed by atoms with Gasteiger partial charge >= 0.3 is 0 Å². The minimum absolute atomic E-state index is 0.0523. The molecule has 1 aromatic carbocycles. The van der Waals surface area contributed by atoms with Crippen LogP contribution in [0.3, 0.4) is 0 Å². The Morgan fingerprint density at radius 3 is 2.78 bits per heavy atom. The molecule has 0 atom stereocenters. The highest BCUT2D eigenvalue weighted by Crippen LogP contribution is 2.16. The van der Waals surface area contributed by atoms with Crippen LogP contribution in [0.5, 0.6) is 0 Å². The summed E-state index contributed by atoms with van der Waals surface area (Å²) in [5.41, 5.74) is 4.35. The Labute approximate surface area is 138 Å². The average Bonchev–Trinajstić information content (AvgIpc) is 3.01. The van der Waals surface area contributed by atoms with Gasteiger partial charge in [-0.2, -0.15) is 5.10 Å². The quantitative estimate of drug-likeness (QED) is 0.279. The van der Waals surface area contributed by atoms with Crippen LogP contribution in [0.25, 0.3) is 5.69 Å². The molecule has 0 aliphatic carbocycles. The minimum Gasteiger partial charge on any atom is -0.358 e. The van der Waals surface area contributed by atoms with Crippen molar-refractivity contribution in [2.24, 2.45) is 5.10 Å². The molecule has 1 heterocycles. The molecule has 7 nitrogen and oxygen atoms in total. The van der Waals surface area contributed by atoms with E-state index in [1.807, 2.05) is 22.9 Å². The van der Waals surface area contributed by atoms with Gasteiger partial charge in [-0.3, -0.25) is 15.5 Å². The van der Waals surface area contributed by atoms with Crippen LogP contribution in [0.15, 0.2) is 60.4 Å². The van der Waals surface area contributed by atoms with E-state index in [1.54, 1.807) is 24.4 Å². The summed E-state index contributed by atoms with van der Waals surface area (Å²) in [6, 6.07) is 10.0. The minimum atomic E-state index is -0.428. The van der Waals surface area contributed by atoms with E-state index < -0.39 is 4.92 Å². The monoisotopic (exact) mass is 329 g/mol. The highest BCUT2D eigenvalue weighted by Gasteiger charge is 2.06. The molecule has 0 fully saturated rings. The van der Waals surface area contributed by atoms with Crippen LogP contribution in [0, 0.1) is 10.1 Å². The summed E-state index contributed by atoms with van der Waals surface area (Å²) in [7, 11) is 0. The Morgan fingerprint density at radius 1 is 1.39 bits per heavy atom. The molecule has 23 heavy (non-hydrogen) atoms. The smallest absolute Gasteiger partial charge is 0.269 e. The maximum atomic E-state index is 10.7. The van der Waals surface area contributed by atoms with Crippen molar-refractivity contribution >= 4 is 29.2 Å². The summed E-state index contributed by atoms with van der Waals surface area (Å²) < 4.78 is 1.86. The van der Waals surface area contributed by atoms with Crippen molar-refractivity contribution in [2.45, 2.75) is 0 Å². The van der Waals surface area contributed by atoms with Crippen molar-refractivity contribution in [3.8, 4) is 5.69 Å². The first kappa shape index (κ1) is 16.4. The second kappa shape index (κ2) is 7.85. The molecule has 0 spiro atoms. The largest absolute Gasteiger partial charge is 0.358 e. The summed E-state index contributed by atoms with van der Waals surface area (Å²) in [6.07, 6.45) is 5.15. The Balaban J connectivity index is 2.08. The zero-order chi connectivity index (χ0) is 16.7. The van der Waals surface area contributed by atoms with Gasteiger partial charge in [0.2, 0.25) is 0 Å². The van der Waals surface area contributed by atoms with Gasteiger partial charge in [-0.15, -0.1) is 6.58 Å². The molecular formula is C15H15N5O2S. The number of nitro groups is 1. The van der Waals surface area contributed by atoms with Crippen molar-refractivity contribution in [1.82, 2.24) is 15.3 Å². The fourth-order valence-electron chi connectivity index (χ4n) is 1.83. The lowest BCUT2D eigenvalue weighted by Gasteiger charge is -2.06. The van der Waals surface area contributed by atoms with Crippen LogP contribution in [0.4, 0.5) is 5.69 Å². The maximum Gasteiger partial charge on any atom is 0.269 e. The first-order chi connectivity index (χ1) is 11.1. The van der Waals surface area contributed by atoms with Crippen LogP contribution in [-0.4, -0.2) is 27.4 Å². The first-order valence-electron chi connectivity index (χ1n) is 6.72. The molecule has 8 heteroatoms. The summed E-state index contributed by atoms with van der Waals surface area (Å²) in [6.45, 7) is 4.14. The van der Waals surface area contributed by atoms with Gasteiger partial charge in [0.05, 0.1) is 16.8 Å². The van der Waals surface area contributed by atoms with Gasteiger partial charge in [-0.25, -0.2) is 0 Å². The van der Waals surface area contributed by atoms with Gasteiger partial charge < -0.3 is 9.88 Å². The van der Waals surface area contributed by atoms with Crippen LogP contribution >= 0.6 is 12.2 Å². The fourth-order valence-corrected chi connectivity index (χ4v) is 1.97. The van der Waals surface area contributed by atoms with Gasteiger partial charge in [0.1, 0.15) is 0 Å². The molecule has 0 bridgehead atoms. The lowest BCUT2D eigenvalue weighted by Crippen LogP contribution is -2.31. The summed E-state index contributed by atoms with van der Waals surface area (Å²) >= 11 is 5.02. The normalized spacial score (nSPS) is 10.4. The lowest BCUT2D eigenvalue weighted by atomic mass is 10.3. The number of hydrazone groups is 1. The third-order valence-corrected chi connectivity index (χ3v) is 3.12. The molecule has 2 N–H and O–H groups in total. The highest BCUT2D eigenvalue weighted by molar-refractivity contribution is 7.80. The first-order valence-corrected chi connectivity index (χ1v) is 7.12. The molecule has 1 aromatic heterocycles. The third-order valence-electron chi connectivity index (χ3n) is 2.89. The summed E-state index contributed by atoms with van der Waals surface area (Å²) in [5, 5.41) is 18.0. The third kappa shape index (κ3) is 4.48. The lowest BCUT2D eigenvalue weighted by molar-refractivity contribution is -0.384. The molecule has 0 amide bonds. The van der Waals surface area contributed by atoms with Crippen molar-refractivity contribution in [3.63, 3.8) is 0 Å². The predicted octanol–water partition coefficient (Wildman–Crippen LogP) is 2.37. The molecule has 0 radical (unpaired) electrons. The molecule has 0 saturated heterocycles. The number of aromatic nitrogens is 1. The van der Waals surface area contributed by atoms with Crippen LogP contribution in [-0.2, 0) is 0 Å². The number of thiocarbonyl (C=S) groups is 1. The van der Waals surface area contributed by atoms with E-state index in [0.717, 1.165) is 11.4 Å². The SMILES string of the molecule is C=CCNC(=S)NN=Cc1cccn1-c1ccc([N+](=O)[O-])cc1. The van der Waals surface area contributed by atoms with Crippen molar-refractivity contribution in [1.29, 1.82) is 0 Å². The number of nitrogens with zero attached hydrogens (tertiary/aromatic N) is 3. The Hall–Kier alpha value is -3.00. The standard InChI is InChI=1S/C15H15N5O2S/c1-2-9-16-15(23)18-17-11-14-4-3-10-19(14)12-5-7-13(8-6-12)20(21)22/h2-8,10-11H,1,9H2,(H2,16,18,23). The Bertz CT molecular complexity index is 737. The van der Waals surface area contributed by atoms with Crippen LogP contribution < -0.4 is 10.7 Å². The molecular weight excluding hydrogens is 314 g/mol. The van der Waals surface area contributed by atoms with Crippen molar-refractivity contribution in [2.75, 3.05) is 6.54 Å². The molecule has 0 aliphatic heterocycles. The van der Waals surface area contributed by atoms with Gasteiger partial charge in [0, 0.05) is 30.6 Å². The number of non-ortho nitro benzene ring substituents is 1. The van der Waals surface area contributed by atoms with E-state index in [0.29, 0.717) is 11.7 Å². The molecule has 118 valence electrons. The van der Waals surface area contributed by atoms with Crippen molar-refractivity contribution in [3.05, 3.63) is 71.1 Å². The Morgan fingerprint density at radius 2 is 2.13 bits per heavy atom. The second-order valence-electron chi connectivity index (χ2n) is 4.45. The molecule has 2 rings (SSSR count). The van der Waals surface area contributed by atoms with Gasteiger partial charge in [-0.05, 0) is 36.5 Å². The number of benzene rings is 1. The number of nitro benzene ring substituents is 1. The number of hydrogen-bond donors (Lipinski definition) is 2. The number of hydrogen-bond acceptors (Lipinski definition) is 4. The topological polar surface area (TPSA) is 84.5 Å². The van der Waals surface area contributed by atoms with Gasteiger partial charge in [0.25, 0.3) is 5.69 Å². The molecule has 0 aliphatic rings. The van der Waals surface area contributed by atoms with Gasteiger partial charge in [-0.1, -0.05) is 6.08 Å².